The third kappa shape index (κ3) is 4.34. The molecule has 0 bridgehead atoms. The maximum Gasteiger partial charge on any atom is 0.185 e. The monoisotopic (exact) mass is 444 g/mol. The Morgan fingerprint density at radius 1 is 0.875 bits per heavy atom. The van der Waals surface area contributed by atoms with Gasteiger partial charge in [0.1, 0.15) is 0 Å². The Hall–Kier alpha value is -1.45. The second-order valence-corrected chi connectivity index (χ2v) is 8.12. The van der Waals surface area contributed by atoms with E-state index in [1.165, 1.54) is 0 Å². The highest BCUT2D eigenvalue weighted by Gasteiger charge is 2.25. The first-order chi connectivity index (χ1) is 11.5. The summed E-state index contributed by atoms with van der Waals surface area (Å²) in [6.07, 6.45) is 5.72. The van der Waals surface area contributed by atoms with Crippen LogP contribution in [0.5, 0.6) is 0 Å². The maximum atomic E-state index is 12.9. The Bertz CT molecular complexity index is 766. The van der Waals surface area contributed by atoms with Gasteiger partial charge in [0.15, 0.2) is 5.78 Å². The molecule has 0 N–H and O–H groups in total. The predicted molar refractivity (Wildman–Crippen MR) is 108 cm³/mol. The van der Waals surface area contributed by atoms with Crippen LogP contribution in [-0.2, 0) is 4.79 Å². The second-order valence-electron chi connectivity index (χ2n) is 6.29. The highest BCUT2D eigenvalue weighted by molar-refractivity contribution is 9.10. The summed E-state index contributed by atoms with van der Waals surface area (Å²) in [7, 11) is 0. The van der Waals surface area contributed by atoms with Crippen LogP contribution in [0.3, 0.4) is 0 Å². The third-order valence-corrected chi connectivity index (χ3v) is 5.09. The predicted octanol–water partition coefficient (Wildman–Crippen LogP) is 6.68. The van der Waals surface area contributed by atoms with E-state index >= 15 is 0 Å². The van der Waals surface area contributed by atoms with E-state index in [1.54, 1.807) is 0 Å². The fourth-order valence-corrected chi connectivity index (χ4v) is 3.89. The molecule has 0 heterocycles. The lowest BCUT2D eigenvalue weighted by molar-refractivity contribution is -0.113. The van der Waals surface area contributed by atoms with E-state index in [2.05, 4.69) is 38.8 Å². The van der Waals surface area contributed by atoms with E-state index < -0.39 is 0 Å². The van der Waals surface area contributed by atoms with E-state index in [9.17, 15) is 4.79 Å². The summed E-state index contributed by atoms with van der Waals surface area (Å²) >= 11 is 6.97. The number of Topliss-reactive ketones (excluding diaryl/α,β-unsaturated/α-hetero) is 1. The zero-order chi connectivity index (χ0) is 17.1. The van der Waals surface area contributed by atoms with Crippen LogP contribution >= 0.6 is 31.9 Å². The van der Waals surface area contributed by atoms with Gasteiger partial charge < -0.3 is 0 Å². The van der Waals surface area contributed by atoms with Gasteiger partial charge in [0.05, 0.1) is 0 Å². The van der Waals surface area contributed by atoms with E-state index in [4.69, 9.17) is 0 Å². The molecule has 122 valence electrons. The number of benzene rings is 2. The number of halogens is 2. The van der Waals surface area contributed by atoms with Crippen molar-refractivity contribution in [3.8, 4) is 0 Å². The highest BCUT2D eigenvalue weighted by atomic mass is 79.9. The molecule has 24 heavy (non-hydrogen) atoms. The van der Waals surface area contributed by atoms with Gasteiger partial charge in [-0.1, -0.05) is 63.0 Å². The van der Waals surface area contributed by atoms with Crippen molar-refractivity contribution >= 4 is 49.8 Å². The Morgan fingerprint density at radius 3 is 1.75 bits per heavy atom. The molecular weight excluding hydrogens is 428 g/mol. The van der Waals surface area contributed by atoms with Gasteiger partial charge in [-0.25, -0.2) is 0 Å². The van der Waals surface area contributed by atoms with Gasteiger partial charge in [-0.2, -0.15) is 0 Å². The summed E-state index contributed by atoms with van der Waals surface area (Å²) in [5, 5.41) is 0. The lowest BCUT2D eigenvalue weighted by Gasteiger charge is -2.22. The van der Waals surface area contributed by atoms with Gasteiger partial charge in [-0.3, -0.25) is 4.79 Å². The number of ketones is 1. The standard InChI is InChI=1S/C21H18Br2O/c1-14-8-17(10-15-4-2-6-19(22)12-15)21(24)18(9-14)11-16-5-3-7-20(23)13-16/h2-7,10-14H,8-9H2,1H3. The summed E-state index contributed by atoms with van der Waals surface area (Å²) in [5.74, 6) is 0.646. The molecule has 3 rings (SSSR count). The molecule has 1 fully saturated rings. The Balaban J connectivity index is 1.94. The summed E-state index contributed by atoms with van der Waals surface area (Å²) in [6.45, 7) is 2.20. The van der Waals surface area contributed by atoms with Crippen molar-refractivity contribution in [1.29, 1.82) is 0 Å². The molecule has 0 aromatic heterocycles. The molecule has 0 spiro atoms. The minimum atomic E-state index is 0.174. The molecule has 0 atom stereocenters. The largest absolute Gasteiger partial charge is 0.289 e. The van der Waals surface area contributed by atoms with Crippen molar-refractivity contribution in [3.63, 3.8) is 0 Å². The lowest BCUT2D eigenvalue weighted by atomic mass is 9.81. The maximum absolute atomic E-state index is 12.9. The van der Waals surface area contributed by atoms with Gasteiger partial charge in [0.25, 0.3) is 0 Å². The Morgan fingerprint density at radius 2 is 1.33 bits per heavy atom. The molecule has 3 heteroatoms. The topological polar surface area (TPSA) is 17.1 Å². The number of hydrogen-bond donors (Lipinski definition) is 0. The number of carbonyl (C=O) groups excluding carboxylic acids is 1. The van der Waals surface area contributed by atoms with Crippen LogP contribution in [0, 0.1) is 5.92 Å². The molecule has 0 saturated heterocycles. The molecule has 0 aliphatic heterocycles. The fourth-order valence-electron chi connectivity index (χ4n) is 3.06. The molecule has 2 aromatic rings. The van der Waals surface area contributed by atoms with Crippen molar-refractivity contribution in [3.05, 3.63) is 79.7 Å². The normalized spacial score (nSPS) is 21.5. The lowest BCUT2D eigenvalue weighted by Crippen LogP contribution is -2.18. The zero-order valence-electron chi connectivity index (χ0n) is 13.4. The van der Waals surface area contributed by atoms with Crippen LogP contribution in [-0.4, -0.2) is 5.78 Å². The van der Waals surface area contributed by atoms with Gasteiger partial charge in [0, 0.05) is 20.1 Å². The third-order valence-electron chi connectivity index (χ3n) is 4.10. The van der Waals surface area contributed by atoms with E-state index in [1.807, 2.05) is 60.7 Å². The molecular formula is C21H18Br2O. The van der Waals surface area contributed by atoms with Crippen molar-refractivity contribution in [2.75, 3.05) is 0 Å². The number of carbonyl (C=O) groups is 1. The number of rotatable bonds is 2. The van der Waals surface area contributed by atoms with Gasteiger partial charge in [-0.15, -0.1) is 0 Å². The fraction of sp³-hybridized carbons (Fsp3) is 0.190. The average molecular weight is 446 g/mol. The van der Waals surface area contributed by atoms with Crippen molar-refractivity contribution in [2.45, 2.75) is 19.8 Å². The first-order valence-electron chi connectivity index (χ1n) is 7.98. The summed E-state index contributed by atoms with van der Waals surface area (Å²) in [6, 6.07) is 16.1. The summed E-state index contributed by atoms with van der Waals surface area (Å²) in [4.78, 5) is 12.9. The molecule has 1 saturated carbocycles. The Labute approximate surface area is 159 Å². The molecule has 1 aliphatic rings. The van der Waals surface area contributed by atoms with Crippen molar-refractivity contribution < 1.29 is 4.79 Å². The van der Waals surface area contributed by atoms with E-state index in [-0.39, 0.29) is 5.78 Å². The molecule has 0 unspecified atom stereocenters. The molecule has 1 nitrogen and oxygen atoms in total. The van der Waals surface area contributed by atoms with Crippen LogP contribution in [0.25, 0.3) is 12.2 Å². The van der Waals surface area contributed by atoms with Crippen LogP contribution in [0.15, 0.2) is 68.6 Å². The van der Waals surface area contributed by atoms with Crippen molar-refractivity contribution in [1.82, 2.24) is 0 Å². The number of hydrogen-bond acceptors (Lipinski definition) is 1. The average Bonchev–Trinajstić information content (AvgIpc) is 2.52. The van der Waals surface area contributed by atoms with Crippen LogP contribution < -0.4 is 0 Å². The van der Waals surface area contributed by atoms with E-state index in [0.717, 1.165) is 44.1 Å². The minimum Gasteiger partial charge on any atom is -0.289 e. The van der Waals surface area contributed by atoms with Gasteiger partial charge in [-0.05, 0) is 66.3 Å². The molecule has 2 aromatic carbocycles. The van der Waals surface area contributed by atoms with E-state index in [0.29, 0.717) is 5.92 Å². The minimum absolute atomic E-state index is 0.174. The molecule has 1 aliphatic carbocycles. The second kappa shape index (κ2) is 7.62. The highest BCUT2D eigenvalue weighted by Crippen LogP contribution is 2.32. The number of allylic oxidation sites excluding steroid dienone is 2. The van der Waals surface area contributed by atoms with Crippen LogP contribution in [0.4, 0.5) is 0 Å². The van der Waals surface area contributed by atoms with Gasteiger partial charge >= 0.3 is 0 Å². The SMILES string of the molecule is CC1CC(=Cc2cccc(Br)c2)C(=O)C(=Cc2cccc(Br)c2)C1. The Kier molecular flexibility index (Phi) is 5.52. The molecule has 0 radical (unpaired) electrons. The van der Waals surface area contributed by atoms with Crippen LogP contribution in [0.2, 0.25) is 0 Å². The quantitative estimate of drug-likeness (QED) is 0.471. The smallest absolute Gasteiger partial charge is 0.185 e. The summed E-state index contributed by atoms with van der Waals surface area (Å²) < 4.78 is 2.05. The first-order valence-corrected chi connectivity index (χ1v) is 9.57. The van der Waals surface area contributed by atoms with Crippen molar-refractivity contribution in [2.24, 2.45) is 5.92 Å². The van der Waals surface area contributed by atoms with Crippen LogP contribution in [0.1, 0.15) is 30.9 Å². The van der Waals surface area contributed by atoms with Gasteiger partial charge in [0.2, 0.25) is 0 Å². The first kappa shape index (κ1) is 17.4. The molecule has 0 amide bonds. The zero-order valence-corrected chi connectivity index (χ0v) is 16.6. The summed E-state index contributed by atoms with van der Waals surface area (Å²) in [5.41, 5.74) is 3.91.